The number of hydrogen-bond acceptors (Lipinski definition) is 7. The summed E-state index contributed by atoms with van der Waals surface area (Å²) in [5.74, 6) is -0.618. The van der Waals surface area contributed by atoms with Crippen LogP contribution in [-0.2, 0) is 34.7 Å². The van der Waals surface area contributed by atoms with Gasteiger partial charge >= 0.3 is 0 Å². The largest absolute Gasteiger partial charge is 0.394 e. The second kappa shape index (κ2) is 8.96. The van der Waals surface area contributed by atoms with Crippen molar-refractivity contribution in [3.8, 4) is 0 Å². The van der Waals surface area contributed by atoms with Gasteiger partial charge in [-0.15, -0.1) is 0 Å². The van der Waals surface area contributed by atoms with Gasteiger partial charge in [0, 0.05) is 13.5 Å². The topological polar surface area (TPSA) is 173 Å². The van der Waals surface area contributed by atoms with Crippen molar-refractivity contribution in [2.24, 2.45) is 12.8 Å². The van der Waals surface area contributed by atoms with Crippen LogP contribution in [0.2, 0.25) is 0 Å². The summed E-state index contributed by atoms with van der Waals surface area (Å²) in [6.07, 6.45) is 1.70. The van der Waals surface area contributed by atoms with E-state index in [9.17, 15) is 18.0 Å². The van der Waals surface area contributed by atoms with Crippen molar-refractivity contribution < 1.29 is 18.3 Å². The highest BCUT2D eigenvalue weighted by molar-refractivity contribution is 7.89. The summed E-state index contributed by atoms with van der Waals surface area (Å²) in [4.78, 5) is 31.0. The molecule has 0 unspecified atom stereocenters. The van der Waals surface area contributed by atoms with Crippen molar-refractivity contribution >= 4 is 27.0 Å². The Kier molecular flexibility index (Phi) is 6.53. The number of benzene rings is 1. The van der Waals surface area contributed by atoms with Crippen LogP contribution in [0.5, 0.6) is 0 Å². The molecule has 0 aliphatic carbocycles. The van der Waals surface area contributed by atoms with E-state index in [1.165, 1.54) is 22.9 Å². The van der Waals surface area contributed by atoms with E-state index in [0.717, 1.165) is 12.1 Å². The molecule has 0 aliphatic rings. The minimum absolute atomic E-state index is 0.110. The Morgan fingerprint density at radius 2 is 2.13 bits per heavy atom. The first-order chi connectivity index (χ1) is 14.7. The second-order valence-electron chi connectivity index (χ2n) is 7.11. The van der Waals surface area contributed by atoms with Gasteiger partial charge in [0.2, 0.25) is 15.9 Å². The number of carbonyl (C=O) groups excluding carboxylic acids is 1. The number of aryl methyl sites for hydroxylation is 2. The number of amides is 1. The number of sulfonamides is 1. The highest BCUT2D eigenvalue weighted by Gasteiger charge is 2.23. The smallest absolute Gasteiger partial charge is 0.277 e. The normalized spacial score (nSPS) is 12.9. The quantitative estimate of drug-likeness (QED) is 0.336. The molecule has 11 nitrogen and oxygen atoms in total. The fraction of sp³-hybridized carbons (Fsp3) is 0.368. The Morgan fingerprint density at radius 1 is 1.39 bits per heavy atom. The summed E-state index contributed by atoms with van der Waals surface area (Å²) in [5, 5.41) is 13.5. The number of aliphatic hydroxyl groups is 1. The number of nitrogens with two attached hydrogens (primary N) is 1. The Balaban J connectivity index is 1.94. The molecule has 1 aromatic carbocycles. The molecule has 0 fully saturated rings. The zero-order valence-corrected chi connectivity index (χ0v) is 17.9. The first kappa shape index (κ1) is 22.6. The van der Waals surface area contributed by atoms with E-state index in [0.29, 0.717) is 28.8 Å². The van der Waals surface area contributed by atoms with Gasteiger partial charge in [-0.05, 0) is 24.1 Å². The van der Waals surface area contributed by atoms with E-state index < -0.39 is 28.6 Å². The van der Waals surface area contributed by atoms with Crippen molar-refractivity contribution in [3.63, 3.8) is 0 Å². The van der Waals surface area contributed by atoms with Crippen LogP contribution in [0.25, 0.3) is 11.0 Å². The highest BCUT2D eigenvalue weighted by Crippen LogP contribution is 2.17. The molecule has 0 saturated heterocycles. The molecule has 0 bridgehead atoms. The summed E-state index contributed by atoms with van der Waals surface area (Å²) in [5.41, 5.74) is 6.98. The van der Waals surface area contributed by atoms with E-state index in [-0.39, 0.29) is 16.9 Å². The first-order valence-corrected chi connectivity index (χ1v) is 11.1. The van der Waals surface area contributed by atoms with Gasteiger partial charge in [0.25, 0.3) is 5.56 Å². The van der Waals surface area contributed by atoms with Crippen LogP contribution in [0.4, 0.5) is 0 Å². The fourth-order valence-electron chi connectivity index (χ4n) is 3.24. The van der Waals surface area contributed by atoms with Gasteiger partial charge < -0.3 is 15.8 Å². The molecule has 12 heteroatoms. The maximum Gasteiger partial charge on any atom is 0.277 e. The molecular weight excluding hydrogens is 424 g/mol. The molecule has 0 aliphatic heterocycles. The summed E-state index contributed by atoms with van der Waals surface area (Å²) >= 11 is 0. The monoisotopic (exact) mass is 448 g/mol. The van der Waals surface area contributed by atoms with Gasteiger partial charge in [-0.1, -0.05) is 25.5 Å². The number of aromatic amines is 1. The Labute approximate surface area is 178 Å². The van der Waals surface area contributed by atoms with Crippen molar-refractivity contribution in [2.75, 3.05) is 6.61 Å². The molecule has 0 spiro atoms. The SMILES string of the molecule is CCCc1nn(C)c2c(=O)[nH]c(Cc3cccc(S(=O)(=O)N[C@@H](CO)C(N)=O)c3)nc12. The second-order valence-corrected chi connectivity index (χ2v) is 8.83. The zero-order chi connectivity index (χ0) is 22.8. The van der Waals surface area contributed by atoms with E-state index >= 15 is 0 Å². The number of H-pyrrole nitrogens is 1. The summed E-state index contributed by atoms with van der Waals surface area (Å²) in [6.45, 7) is 1.25. The van der Waals surface area contributed by atoms with Crippen LogP contribution in [-0.4, -0.2) is 51.8 Å². The van der Waals surface area contributed by atoms with Gasteiger partial charge in [-0.25, -0.2) is 13.4 Å². The summed E-state index contributed by atoms with van der Waals surface area (Å²) in [6, 6.07) is 4.54. The molecule has 3 rings (SSSR count). The van der Waals surface area contributed by atoms with Crippen molar-refractivity contribution in [1.29, 1.82) is 0 Å². The number of fused-ring (bicyclic) bond motifs is 1. The zero-order valence-electron chi connectivity index (χ0n) is 17.1. The third-order valence-corrected chi connectivity index (χ3v) is 6.17. The van der Waals surface area contributed by atoms with Crippen molar-refractivity contribution in [2.45, 2.75) is 37.1 Å². The first-order valence-electron chi connectivity index (χ1n) is 9.62. The third kappa shape index (κ3) is 4.81. The lowest BCUT2D eigenvalue weighted by Gasteiger charge is -2.13. The molecule has 0 radical (unpaired) electrons. The van der Waals surface area contributed by atoms with Crippen LogP contribution in [0.15, 0.2) is 34.0 Å². The van der Waals surface area contributed by atoms with Gasteiger partial charge in [-0.3, -0.25) is 14.3 Å². The van der Waals surface area contributed by atoms with E-state index in [4.69, 9.17) is 10.8 Å². The Morgan fingerprint density at radius 3 is 2.77 bits per heavy atom. The lowest BCUT2D eigenvalue weighted by Crippen LogP contribution is -2.46. The van der Waals surface area contributed by atoms with Gasteiger partial charge in [0.1, 0.15) is 17.4 Å². The lowest BCUT2D eigenvalue weighted by atomic mass is 10.1. The van der Waals surface area contributed by atoms with E-state index in [1.807, 2.05) is 6.92 Å². The standard InChI is InChI=1S/C19H24N6O5S/c1-3-5-13-16-17(25(2)23-13)19(28)22-15(21-16)9-11-6-4-7-12(8-11)31(29,30)24-14(10-26)18(20)27/h4,6-8,14,24,26H,3,5,9-10H2,1-2H3,(H2,20,27)(H,21,22,28)/t14-/m0/s1. The lowest BCUT2D eigenvalue weighted by molar-refractivity contribution is -0.120. The molecule has 31 heavy (non-hydrogen) atoms. The van der Waals surface area contributed by atoms with Gasteiger partial charge in [0.15, 0.2) is 5.52 Å². The number of nitrogens with one attached hydrogen (secondary N) is 2. The van der Waals surface area contributed by atoms with E-state index in [2.05, 4.69) is 19.8 Å². The maximum atomic E-state index is 12.5. The molecule has 5 N–H and O–H groups in total. The van der Waals surface area contributed by atoms with Crippen LogP contribution < -0.4 is 16.0 Å². The average molecular weight is 449 g/mol. The maximum absolute atomic E-state index is 12.5. The van der Waals surface area contributed by atoms with Crippen LogP contribution in [0.1, 0.15) is 30.4 Å². The van der Waals surface area contributed by atoms with Crippen molar-refractivity contribution in [1.82, 2.24) is 24.5 Å². The number of aliphatic hydroxyl groups excluding tert-OH is 1. The summed E-state index contributed by atoms with van der Waals surface area (Å²) < 4.78 is 28.7. The van der Waals surface area contributed by atoms with Crippen LogP contribution >= 0.6 is 0 Å². The predicted molar refractivity (Wildman–Crippen MR) is 113 cm³/mol. The number of primary amides is 1. The molecule has 3 aromatic rings. The third-order valence-electron chi connectivity index (χ3n) is 4.70. The predicted octanol–water partition coefficient (Wildman–Crippen LogP) is -0.676. The van der Waals surface area contributed by atoms with Gasteiger partial charge in [-0.2, -0.15) is 9.82 Å². The number of nitrogens with zero attached hydrogens (tertiary/aromatic N) is 3. The molecule has 166 valence electrons. The fourth-order valence-corrected chi connectivity index (χ4v) is 4.50. The molecule has 1 atom stereocenters. The number of hydrogen-bond donors (Lipinski definition) is 4. The minimum atomic E-state index is -4.10. The Bertz CT molecular complexity index is 1280. The highest BCUT2D eigenvalue weighted by atomic mass is 32.2. The number of rotatable bonds is 9. The van der Waals surface area contributed by atoms with Gasteiger partial charge in [0.05, 0.1) is 17.2 Å². The average Bonchev–Trinajstić information content (AvgIpc) is 3.02. The molecule has 2 heterocycles. The summed E-state index contributed by atoms with van der Waals surface area (Å²) in [7, 11) is -2.42. The number of aromatic nitrogens is 4. The molecule has 1 amide bonds. The molecule has 2 aromatic heterocycles. The van der Waals surface area contributed by atoms with Crippen molar-refractivity contribution in [3.05, 3.63) is 51.7 Å². The molecular formula is C19H24N6O5S. The van der Waals surface area contributed by atoms with E-state index in [1.54, 1.807) is 13.1 Å². The Hall–Kier alpha value is -3.09. The van der Waals surface area contributed by atoms with Crippen LogP contribution in [0.3, 0.4) is 0 Å². The van der Waals surface area contributed by atoms with Crippen LogP contribution in [0, 0.1) is 0 Å². The minimum Gasteiger partial charge on any atom is -0.394 e. The number of carbonyl (C=O) groups is 1. The molecule has 0 saturated carbocycles.